The van der Waals surface area contributed by atoms with E-state index in [9.17, 15) is 0 Å². The highest BCUT2D eigenvalue weighted by Crippen LogP contribution is 2.21. The molecule has 19 heavy (non-hydrogen) atoms. The summed E-state index contributed by atoms with van der Waals surface area (Å²) in [6.07, 6.45) is 8.88. The molecule has 1 aliphatic heterocycles. The number of likely N-dealkylation sites (tertiary alicyclic amines) is 1. The summed E-state index contributed by atoms with van der Waals surface area (Å²) in [6.45, 7) is 8.93. The van der Waals surface area contributed by atoms with Crippen LogP contribution in [-0.4, -0.2) is 37.1 Å². The van der Waals surface area contributed by atoms with Gasteiger partial charge in [0.2, 0.25) is 0 Å². The van der Waals surface area contributed by atoms with Gasteiger partial charge in [-0.05, 0) is 57.7 Å². The van der Waals surface area contributed by atoms with Crippen molar-refractivity contribution in [3.8, 4) is 6.07 Å². The SMILES string of the molecule is CCCNC(C#N)CCN1CCCC(CCC)CC1. The van der Waals surface area contributed by atoms with Crippen molar-refractivity contribution in [2.45, 2.75) is 64.8 Å². The molecule has 0 aromatic heterocycles. The Labute approximate surface area is 119 Å². The first-order valence-electron chi connectivity index (χ1n) is 8.15. The van der Waals surface area contributed by atoms with Gasteiger partial charge in [-0.3, -0.25) is 0 Å². The third-order valence-electron chi connectivity index (χ3n) is 4.17. The molecule has 2 atom stereocenters. The molecule has 1 fully saturated rings. The zero-order chi connectivity index (χ0) is 13.9. The van der Waals surface area contributed by atoms with E-state index in [-0.39, 0.29) is 6.04 Å². The molecule has 3 heteroatoms. The molecule has 1 saturated heterocycles. The van der Waals surface area contributed by atoms with Crippen LogP contribution in [0.5, 0.6) is 0 Å². The molecule has 1 aliphatic rings. The summed E-state index contributed by atoms with van der Waals surface area (Å²) in [7, 11) is 0. The highest BCUT2D eigenvalue weighted by molar-refractivity contribution is 4.90. The van der Waals surface area contributed by atoms with Crippen LogP contribution in [0.4, 0.5) is 0 Å². The largest absolute Gasteiger partial charge is 0.303 e. The maximum atomic E-state index is 9.12. The Morgan fingerprint density at radius 2 is 2.11 bits per heavy atom. The molecule has 0 aliphatic carbocycles. The molecule has 0 bridgehead atoms. The van der Waals surface area contributed by atoms with Gasteiger partial charge >= 0.3 is 0 Å². The summed E-state index contributed by atoms with van der Waals surface area (Å²) in [5.74, 6) is 0.944. The number of hydrogen-bond acceptors (Lipinski definition) is 3. The molecule has 1 heterocycles. The Hall–Kier alpha value is -0.590. The summed E-state index contributed by atoms with van der Waals surface area (Å²) >= 11 is 0. The van der Waals surface area contributed by atoms with Gasteiger partial charge in [0.05, 0.1) is 12.1 Å². The van der Waals surface area contributed by atoms with Crippen LogP contribution in [0.3, 0.4) is 0 Å². The molecule has 0 aromatic rings. The predicted molar refractivity (Wildman–Crippen MR) is 81.0 cm³/mol. The maximum absolute atomic E-state index is 9.12. The maximum Gasteiger partial charge on any atom is 0.0965 e. The average Bonchev–Trinajstić information content (AvgIpc) is 2.65. The Balaban J connectivity index is 2.23. The van der Waals surface area contributed by atoms with E-state index in [2.05, 4.69) is 30.1 Å². The van der Waals surface area contributed by atoms with Gasteiger partial charge in [-0.15, -0.1) is 0 Å². The number of hydrogen-bond donors (Lipinski definition) is 1. The number of nitriles is 1. The fraction of sp³-hybridized carbons (Fsp3) is 0.938. The zero-order valence-corrected chi connectivity index (χ0v) is 12.8. The number of nitrogens with one attached hydrogen (secondary N) is 1. The van der Waals surface area contributed by atoms with Crippen LogP contribution in [0.15, 0.2) is 0 Å². The minimum Gasteiger partial charge on any atom is -0.303 e. The van der Waals surface area contributed by atoms with E-state index in [0.29, 0.717) is 0 Å². The van der Waals surface area contributed by atoms with E-state index in [1.807, 2.05) is 0 Å². The van der Waals surface area contributed by atoms with Crippen molar-refractivity contribution in [3.63, 3.8) is 0 Å². The van der Waals surface area contributed by atoms with Crippen molar-refractivity contribution in [3.05, 3.63) is 0 Å². The molecular formula is C16H31N3. The third kappa shape index (κ3) is 6.94. The van der Waals surface area contributed by atoms with Crippen LogP contribution in [-0.2, 0) is 0 Å². The van der Waals surface area contributed by atoms with Gasteiger partial charge in [0.1, 0.15) is 0 Å². The van der Waals surface area contributed by atoms with Crippen LogP contribution in [0.1, 0.15) is 58.8 Å². The first-order valence-corrected chi connectivity index (χ1v) is 8.15. The topological polar surface area (TPSA) is 39.1 Å². The smallest absolute Gasteiger partial charge is 0.0965 e. The standard InChI is InChI=1S/C16H31N3/c1-3-6-15-7-5-11-19(12-8-15)13-9-16(14-17)18-10-4-2/h15-16,18H,3-13H2,1-2H3. The molecule has 1 N–H and O–H groups in total. The molecular weight excluding hydrogens is 234 g/mol. The van der Waals surface area contributed by atoms with E-state index in [0.717, 1.165) is 31.8 Å². The second kappa shape index (κ2) is 10.2. The summed E-state index contributed by atoms with van der Waals surface area (Å²) < 4.78 is 0. The van der Waals surface area contributed by atoms with Crippen LogP contribution < -0.4 is 5.32 Å². The number of rotatable bonds is 8. The molecule has 0 amide bonds. The van der Waals surface area contributed by atoms with Crippen LogP contribution in [0, 0.1) is 17.2 Å². The summed E-state index contributed by atoms with van der Waals surface area (Å²) in [5.41, 5.74) is 0. The molecule has 2 unspecified atom stereocenters. The van der Waals surface area contributed by atoms with Gasteiger partial charge in [0, 0.05) is 6.54 Å². The van der Waals surface area contributed by atoms with E-state index in [1.165, 1.54) is 45.2 Å². The van der Waals surface area contributed by atoms with E-state index in [1.54, 1.807) is 0 Å². The molecule has 0 spiro atoms. The quantitative estimate of drug-likeness (QED) is 0.732. The van der Waals surface area contributed by atoms with Gasteiger partial charge in [-0.2, -0.15) is 5.26 Å². The van der Waals surface area contributed by atoms with Crippen LogP contribution in [0.25, 0.3) is 0 Å². The lowest BCUT2D eigenvalue weighted by molar-refractivity contribution is 0.268. The molecule has 0 radical (unpaired) electrons. The normalized spacial score (nSPS) is 22.7. The lowest BCUT2D eigenvalue weighted by atomic mass is 9.96. The molecule has 0 saturated carbocycles. The first kappa shape index (κ1) is 16.5. The van der Waals surface area contributed by atoms with Crippen molar-refractivity contribution in [2.75, 3.05) is 26.2 Å². The van der Waals surface area contributed by atoms with Crippen molar-refractivity contribution < 1.29 is 0 Å². The summed E-state index contributed by atoms with van der Waals surface area (Å²) in [5, 5.41) is 12.4. The van der Waals surface area contributed by atoms with Gasteiger partial charge in [0.15, 0.2) is 0 Å². The zero-order valence-electron chi connectivity index (χ0n) is 12.8. The minimum absolute atomic E-state index is 0.0367. The van der Waals surface area contributed by atoms with Gasteiger partial charge < -0.3 is 10.2 Å². The average molecular weight is 265 g/mol. The molecule has 110 valence electrons. The highest BCUT2D eigenvalue weighted by atomic mass is 15.1. The van der Waals surface area contributed by atoms with Gasteiger partial charge in [0.25, 0.3) is 0 Å². The third-order valence-corrected chi connectivity index (χ3v) is 4.17. The van der Waals surface area contributed by atoms with Crippen LogP contribution in [0.2, 0.25) is 0 Å². The van der Waals surface area contributed by atoms with E-state index < -0.39 is 0 Å². The monoisotopic (exact) mass is 265 g/mol. The van der Waals surface area contributed by atoms with Gasteiger partial charge in [-0.25, -0.2) is 0 Å². The fourth-order valence-electron chi connectivity index (χ4n) is 2.99. The van der Waals surface area contributed by atoms with Gasteiger partial charge in [-0.1, -0.05) is 26.7 Å². The second-order valence-electron chi connectivity index (χ2n) is 5.85. The predicted octanol–water partition coefficient (Wildman–Crippen LogP) is 3.17. The summed E-state index contributed by atoms with van der Waals surface area (Å²) in [4.78, 5) is 2.56. The Morgan fingerprint density at radius 3 is 2.79 bits per heavy atom. The van der Waals surface area contributed by atoms with E-state index >= 15 is 0 Å². The first-order chi connectivity index (χ1) is 9.30. The molecule has 3 nitrogen and oxygen atoms in total. The van der Waals surface area contributed by atoms with Crippen molar-refractivity contribution in [1.29, 1.82) is 5.26 Å². The van der Waals surface area contributed by atoms with Crippen molar-refractivity contribution in [1.82, 2.24) is 10.2 Å². The lowest BCUT2D eigenvalue weighted by Crippen LogP contribution is -2.34. The minimum atomic E-state index is 0.0367. The fourth-order valence-corrected chi connectivity index (χ4v) is 2.99. The summed E-state index contributed by atoms with van der Waals surface area (Å²) in [6, 6.07) is 2.42. The van der Waals surface area contributed by atoms with Crippen LogP contribution >= 0.6 is 0 Å². The second-order valence-corrected chi connectivity index (χ2v) is 5.85. The lowest BCUT2D eigenvalue weighted by Gasteiger charge is -2.21. The molecule has 1 rings (SSSR count). The van der Waals surface area contributed by atoms with E-state index in [4.69, 9.17) is 5.26 Å². The van der Waals surface area contributed by atoms with Crippen molar-refractivity contribution in [2.24, 2.45) is 5.92 Å². The molecule has 0 aromatic carbocycles. The number of nitrogens with zero attached hydrogens (tertiary/aromatic N) is 2. The Kier molecular flexibility index (Phi) is 8.86. The van der Waals surface area contributed by atoms with Crippen molar-refractivity contribution >= 4 is 0 Å². The Bertz CT molecular complexity index is 259. The Morgan fingerprint density at radius 1 is 1.26 bits per heavy atom. The highest BCUT2D eigenvalue weighted by Gasteiger charge is 2.17.